The van der Waals surface area contributed by atoms with E-state index in [-0.39, 0.29) is 12.4 Å². The Balaban J connectivity index is 2.16. The zero-order valence-corrected chi connectivity index (χ0v) is 10.9. The van der Waals surface area contributed by atoms with E-state index in [9.17, 15) is 4.39 Å². The van der Waals surface area contributed by atoms with Gasteiger partial charge in [0.1, 0.15) is 11.6 Å². The number of nitrogens with one attached hydrogen (secondary N) is 2. The van der Waals surface area contributed by atoms with Gasteiger partial charge < -0.3 is 10.7 Å². The number of hydrogen-bond acceptors (Lipinski definition) is 4. The van der Waals surface area contributed by atoms with Crippen molar-refractivity contribution in [2.45, 2.75) is 6.54 Å². The summed E-state index contributed by atoms with van der Waals surface area (Å²) in [7, 11) is 0. The van der Waals surface area contributed by atoms with Gasteiger partial charge in [0.25, 0.3) is 0 Å². The topological polar surface area (TPSA) is 61.1 Å². The standard InChI is InChI=1S/C15H15FN4/c1-18-10-14(17)12-6-4-8-19-15(12)20-9-11-5-2-3-7-13(11)16/h2-8,17H,1,9-10H2,(H,19,20). The lowest BCUT2D eigenvalue weighted by molar-refractivity contribution is 0.613. The van der Waals surface area contributed by atoms with Crippen LogP contribution in [-0.4, -0.2) is 24.0 Å². The van der Waals surface area contributed by atoms with E-state index in [2.05, 4.69) is 22.0 Å². The Morgan fingerprint density at radius 3 is 2.85 bits per heavy atom. The molecule has 1 aromatic carbocycles. The van der Waals surface area contributed by atoms with E-state index in [1.165, 1.54) is 6.07 Å². The van der Waals surface area contributed by atoms with Crippen molar-refractivity contribution >= 4 is 18.2 Å². The number of benzene rings is 1. The maximum absolute atomic E-state index is 13.5. The minimum atomic E-state index is -0.264. The van der Waals surface area contributed by atoms with Crippen molar-refractivity contribution in [2.75, 3.05) is 11.9 Å². The van der Waals surface area contributed by atoms with E-state index in [4.69, 9.17) is 5.41 Å². The first-order valence-electron chi connectivity index (χ1n) is 6.15. The lowest BCUT2D eigenvalue weighted by Crippen LogP contribution is -2.11. The molecule has 0 spiro atoms. The second-order valence-corrected chi connectivity index (χ2v) is 4.20. The summed E-state index contributed by atoms with van der Waals surface area (Å²) in [6.07, 6.45) is 1.63. The molecule has 0 aliphatic heterocycles. The molecule has 0 atom stereocenters. The second-order valence-electron chi connectivity index (χ2n) is 4.20. The van der Waals surface area contributed by atoms with Crippen LogP contribution in [0.15, 0.2) is 47.6 Å². The first-order chi connectivity index (χ1) is 9.72. The quantitative estimate of drug-likeness (QED) is 0.793. The van der Waals surface area contributed by atoms with Gasteiger partial charge in [-0.25, -0.2) is 9.37 Å². The zero-order valence-electron chi connectivity index (χ0n) is 10.9. The molecule has 2 N–H and O–H groups in total. The van der Waals surface area contributed by atoms with E-state index < -0.39 is 0 Å². The average Bonchev–Trinajstić information content (AvgIpc) is 2.47. The molecule has 0 saturated heterocycles. The summed E-state index contributed by atoms with van der Waals surface area (Å²) in [5, 5.41) is 11.0. The second kappa shape index (κ2) is 6.56. The molecule has 0 bridgehead atoms. The molecule has 0 unspecified atom stereocenters. The minimum Gasteiger partial charge on any atom is -0.365 e. The van der Waals surface area contributed by atoms with Gasteiger partial charge in [0.2, 0.25) is 0 Å². The lowest BCUT2D eigenvalue weighted by Gasteiger charge is -2.11. The predicted octanol–water partition coefficient (Wildman–Crippen LogP) is 2.90. The molecule has 0 aliphatic rings. The van der Waals surface area contributed by atoms with Crippen LogP contribution in [0, 0.1) is 11.2 Å². The van der Waals surface area contributed by atoms with Gasteiger partial charge in [-0.05, 0) is 24.9 Å². The van der Waals surface area contributed by atoms with Crippen molar-refractivity contribution in [3.8, 4) is 0 Å². The molecule has 1 aromatic heterocycles. The van der Waals surface area contributed by atoms with Crippen molar-refractivity contribution in [2.24, 2.45) is 4.99 Å². The number of nitrogens with zero attached hydrogens (tertiary/aromatic N) is 2. The molecule has 0 saturated carbocycles. The molecule has 5 heteroatoms. The smallest absolute Gasteiger partial charge is 0.135 e. The fourth-order valence-corrected chi connectivity index (χ4v) is 1.81. The Labute approximate surface area is 116 Å². The molecule has 1 heterocycles. The molecular weight excluding hydrogens is 255 g/mol. The third kappa shape index (κ3) is 3.26. The summed E-state index contributed by atoms with van der Waals surface area (Å²) in [4.78, 5) is 7.89. The maximum Gasteiger partial charge on any atom is 0.135 e. The number of aliphatic imine (C=N–C) groups is 1. The van der Waals surface area contributed by atoms with Gasteiger partial charge in [-0.3, -0.25) is 4.99 Å². The molecule has 0 amide bonds. The van der Waals surface area contributed by atoms with Gasteiger partial charge in [-0.15, -0.1) is 0 Å². The van der Waals surface area contributed by atoms with Gasteiger partial charge in [0.05, 0.1) is 12.3 Å². The minimum absolute atomic E-state index is 0.222. The number of pyridine rings is 1. The van der Waals surface area contributed by atoms with E-state index in [1.807, 2.05) is 0 Å². The first kappa shape index (κ1) is 13.9. The molecule has 20 heavy (non-hydrogen) atoms. The number of halogens is 1. The number of anilines is 1. The van der Waals surface area contributed by atoms with Crippen molar-refractivity contribution in [3.63, 3.8) is 0 Å². The van der Waals surface area contributed by atoms with Crippen LogP contribution in [0.1, 0.15) is 11.1 Å². The van der Waals surface area contributed by atoms with Gasteiger partial charge >= 0.3 is 0 Å². The van der Waals surface area contributed by atoms with Crippen molar-refractivity contribution in [1.82, 2.24) is 4.98 Å². The lowest BCUT2D eigenvalue weighted by atomic mass is 10.1. The fraction of sp³-hybridized carbons (Fsp3) is 0.133. The Morgan fingerprint density at radius 2 is 2.10 bits per heavy atom. The van der Waals surface area contributed by atoms with Crippen molar-refractivity contribution < 1.29 is 4.39 Å². The highest BCUT2D eigenvalue weighted by Gasteiger charge is 2.08. The van der Waals surface area contributed by atoms with Crippen LogP contribution in [0.5, 0.6) is 0 Å². The summed E-state index contributed by atoms with van der Waals surface area (Å²) < 4.78 is 13.5. The Kier molecular flexibility index (Phi) is 4.55. The van der Waals surface area contributed by atoms with Crippen LogP contribution < -0.4 is 5.32 Å². The predicted molar refractivity (Wildman–Crippen MR) is 79.2 cm³/mol. The van der Waals surface area contributed by atoms with E-state index in [1.54, 1.807) is 36.5 Å². The SMILES string of the molecule is C=NCC(=N)c1cccnc1NCc1ccccc1F. The number of aromatic nitrogens is 1. The highest BCUT2D eigenvalue weighted by Crippen LogP contribution is 2.15. The molecule has 4 nitrogen and oxygen atoms in total. The van der Waals surface area contributed by atoms with E-state index in [0.717, 1.165) is 0 Å². The number of rotatable bonds is 6. The number of hydrogen-bond donors (Lipinski definition) is 2. The molecular formula is C15H15FN4. The summed E-state index contributed by atoms with van der Waals surface area (Å²) in [5.74, 6) is 0.282. The zero-order chi connectivity index (χ0) is 14.4. The highest BCUT2D eigenvalue weighted by molar-refractivity contribution is 6.03. The van der Waals surface area contributed by atoms with Crippen LogP contribution in [0.2, 0.25) is 0 Å². The summed E-state index contributed by atoms with van der Waals surface area (Å²) in [5.41, 5.74) is 1.53. The summed E-state index contributed by atoms with van der Waals surface area (Å²) >= 11 is 0. The Hall–Kier alpha value is -2.56. The van der Waals surface area contributed by atoms with Crippen LogP contribution in [0.25, 0.3) is 0 Å². The van der Waals surface area contributed by atoms with Crippen molar-refractivity contribution in [1.29, 1.82) is 5.41 Å². The highest BCUT2D eigenvalue weighted by atomic mass is 19.1. The molecule has 0 fully saturated rings. The molecule has 2 aromatic rings. The summed E-state index contributed by atoms with van der Waals surface area (Å²) in [6.45, 7) is 3.91. The molecule has 102 valence electrons. The fourth-order valence-electron chi connectivity index (χ4n) is 1.81. The van der Waals surface area contributed by atoms with E-state index >= 15 is 0 Å². The normalized spacial score (nSPS) is 10.1. The van der Waals surface area contributed by atoms with Gasteiger partial charge in [0.15, 0.2) is 0 Å². The van der Waals surface area contributed by atoms with E-state index in [0.29, 0.717) is 29.2 Å². The largest absolute Gasteiger partial charge is 0.365 e. The summed E-state index contributed by atoms with van der Waals surface area (Å²) in [6, 6.07) is 10.1. The molecule has 0 aliphatic carbocycles. The van der Waals surface area contributed by atoms with Crippen molar-refractivity contribution in [3.05, 3.63) is 59.5 Å². The third-order valence-electron chi connectivity index (χ3n) is 2.81. The molecule has 2 rings (SSSR count). The van der Waals surface area contributed by atoms with Crippen LogP contribution in [0.3, 0.4) is 0 Å². The van der Waals surface area contributed by atoms with Gasteiger partial charge in [0, 0.05) is 23.9 Å². The molecule has 0 radical (unpaired) electrons. The maximum atomic E-state index is 13.5. The average molecular weight is 270 g/mol. The first-order valence-corrected chi connectivity index (χ1v) is 6.15. The Morgan fingerprint density at radius 1 is 1.30 bits per heavy atom. The van der Waals surface area contributed by atoms with Crippen LogP contribution >= 0.6 is 0 Å². The van der Waals surface area contributed by atoms with Gasteiger partial charge in [-0.1, -0.05) is 18.2 Å². The van der Waals surface area contributed by atoms with Crippen LogP contribution in [-0.2, 0) is 6.54 Å². The van der Waals surface area contributed by atoms with Crippen LogP contribution in [0.4, 0.5) is 10.2 Å². The third-order valence-corrected chi connectivity index (χ3v) is 2.81. The monoisotopic (exact) mass is 270 g/mol. The van der Waals surface area contributed by atoms with Gasteiger partial charge in [-0.2, -0.15) is 0 Å². The Bertz CT molecular complexity index is 625.